The fourth-order valence-electron chi connectivity index (χ4n) is 1.00. The maximum absolute atomic E-state index is 11.3. The van der Waals surface area contributed by atoms with Gasteiger partial charge in [-0.05, 0) is 18.1 Å². The molecule has 0 aliphatic rings. The van der Waals surface area contributed by atoms with Crippen LogP contribution in [0.2, 0.25) is 0 Å². The lowest BCUT2D eigenvalue weighted by atomic mass is 10.2. The number of para-hydroxylation sites is 1. The van der Waals surface area contributed by atoms with Crippen molar-refractivity contribution >= 4 is 12.2 Å². The van der Waals surface area contributed by atoms with Crippen LogP contribution < -0.4 is 15.6 Å². The van der Waals surface area contributed by atoms with Gasteiger partial charge >= 0.3 is 12.2 Å². The maximum Gasteiger partial charge on any atom is 0.431 e. The van der Waals surface area contributed by atoms with Crippen molar-refractivity contribution < 1.29 is 19.1 Å². The SMILES string of the molecule is CC(C)COC(=O)NNC(=O)Oc1ccccc1. The summed E-state index contributed by atoms with van der Waals surface area (Å²) in [5.41, 5.74) is 4.14. The molecule has 0 radical (unpaired) electrons. The summed E-state index contributed by atoms with van der Waals surface area (Å²) in [7, 11) is 0. The molecule has 6 nitrogen and oxygen atoms in total. The third-order valence-corrected chi connectivity index (χ3v) is 1.77. The van der Waals surface area contributed by atoms with Crippen molar-refractivity contribution in [3.63, 3.8) is 0 Å². The first-order valence-corrected chi connectivity index (χ1v) is 5.53. The van der Waals surface area contributed by atoms with Crippen LogP contribution in [0.4, 0.5) is 9.59 Å². The highest BCUT2D eigenvalue weighted by Gasteiger charge is 2.07. The number of nitrogens with one attached hydrogen (secondary N) is 2. The molecule has 0 bridgehead atoms. The van der Waals surface area contributed by atoms with Gasteiger partial charge in [-0.2, -0.15) is 0 Å². The third kappa shape index (κ3) is 5.74. The molecule has 1 rings (SSSR count). The van der Waals surface area contributed by atoms with E-state index in [0.29, 0.717) is 5.75 Å². The first kappa shape index (κ1) is 13.8. The van der Waals surface area contributed by atoms with Crippen molar-refractivity contribution in [2.45, 2.75) is 13.8 Å². The summed E-state index contributed by atoms with van der Waals surface area (Å²) in [5.74, 6) is 0.611. The van der Waals surface area contributed by atoms with Gasteiger partial charge in [0.05, 0.1) is 6.61 Å². The Hall–Kier alpha value is -2.24. The van der Waals surface area contributed by atoms with Crippen LogP contribution in [0.15, 0.2) is 30.3 Å². The average Bonchev–Trinajstić information content (AvgIpc) is 2.35. The zero-order valence-electron chi connectivity index (χ0n) is 10.3. The normalized spacial score (nSPS) is 9.72. The second-order valence-electron chi connectivity index (χ2n) is 3.94. The van der Waals surface area contributed by atoms with E-state index in [-0.39, 0.29) is 12.5 Å². The predicted octanol–water partition coefficient (Wildman–Crippen LogP) is 2.07. The summed E-state index contributed by atoms with van der Waals surface area (Å²) >= 11 is 0. The molecular weight excluding hydrogens is 236 g/mol. The van der Waals surface area contributed by atoms with E-state index in [4.69, 9.17) is 9.47 Å². The number of hydrogen-bond acceptors (Lipinski definition) is 4. The molecule has 0 spiro atoms. The Balaban J connectivity index is 2.23. The second kappa shape index (κ2) is 7.16. The summed E-state index contributed by atoms with van der Waals surface area (Å²) in [6, 6.07) is 8.50. The van der Waals surface area contributed by atoms with E-state index in [1.54, 1.807) is 30.3 Å². The fraction of sp³-hybridized carbons (Fsp3) is 0.333. The fourth-order valence-corrected chi connectivity index (χ4v) is 1.00. The number of benzene rings is 1. The van der Waals surface area contributed by atoms with Gasteiger partial charge in [-0.15, -0.1) is 0 Å². The van der Waals surface area contributed by atoms with E-state index in [0.717, 1.165) is 0 Å². The quantitative estimate of drug-likeness (QED) is 0.807. The van der Waals surface area contributed by atoms with E-state index < -0.39 is 12.2 Å². The third-order valence-electron chi connectivity index (χ3n) is 1.77. The summed E-state index contributed by atoms with van der Waals surface area (Å²) in [6.45, 7) is 4.09. The zero-order valence-corrected chi connectivity index (χ0v) is 10.3. The van der Waals surface area contributed by atoms with Crippen molar-refractivity contribution in [2.24, 2.45) is 5.92 Å². The highest BCUT2D eigenvalue weighted by Crippen LogP contribution is 2.07. The molecule has 18 heavy (non-hydrogen) atoms. The standard InChI is InChI=1S/C12H16N2O4/c1-9(2)8-17-11(15)13-14-12(16)18-10-6-4-3-5-7-10/h3-7,9H,8H2,1-2H3,(H,13,15)(H,14,16). The molecule has 0 aromatic heterocycles. The number of carbonyl (C=O) groups is 2. The summed E-state index contributed by atoms with van der Waals surface area (Å²) in [5, 5.41) is 0. The lowest BCUT2D eigenvalue weighted by Crippen LogP contribution is -2.43. The molecule has 0 aliphatic carbocycles. The van der Waals surface area contributed by atoms with Gasteiger partial charge in [-0.3, -0.25) is 0 Å². The Kier molecular flexibility index (Phi) is 5.50. The Bertz CT molecular complexity index is 392. The largest absolute Gasteiger partial charge is 0.448 e. The number of hydrogen-bond donors (Lipinski definition) is 2. The molecule has 1 aromatic carbocycles. The Morgan fingerprint density at radius 2 is 1.72 bits per heavy atom. The molecule has 1 aromatic rings. The minimum atomic E-state index is -0.789. The smallest absolute Gasteiger partial charge is 0.431 e. The molecule has 0 fully saturated rings. The van der Waals surface area contributed by atoms with Crippen LogP contribution >= 0.6 is 0 Å². The van der Waals surface area contributed by atoms with Gasteiger partial charge in [0.25, 0.3) is 0 Å². The molecule has 98 valence electrons. The monoisotopic (exact) mass is 252 g/mol. The molecule has 2 N–H and O–H groups in total. The topological polar surface area (TPSA) is 76.7 Å². The maximum atomic E-state index is 11.3. The van der Waals surface area contributed by atoms with Gasteiger partial charge in [0, 0.05) is 0 Å². The van der Waals surface area contributed by atoms with Gasteiger partial charge in [0.15, 0.2) is 0 Å². The van der Waals surface area contributed by atoms with Crippen LogP contribution in [0.1, 0.15) is 13.8 Å². The molecule has 0 saturated carbocycles. The average molecular weight is 252 g/mol. The van der Waals surface area contributed by atoms with Crippen molar-refractivity contribution in [3.8, 4) is 5.75 Å². The summed E-state index contributed by atoms with van der Waals surface area (Å²) < 4.78 is 9.65. The number of amides is 2. The molecule has 6 heteroatoms. The number of carbonyl (C=O) groups excluding carboxylic acids is 2. The van der Waals surface area contributed by atoms with Gasteiger partial charge < -0.3 is 9.47 Å². The summed E-state index contributed by atoms with van der Waals surface area (Å²) in [6.07, 6.45) is -1.52. The molecule has 0 heterocycles. The van der Waals surface area contributed by atoms with Crippen molar-refractivity contribution in [1.29, 1.82) is 0 Å². The van der Waals surface area contributed by atoms with E-state index in [9.17, 15) is 9.59 Å². The Morgan fingerprint density at radius 1 is 1.11 bits per heavy atom. The van der Waals surface area contributed by atoms with Gasteiger partial charge in [-0.1, -0.05) is 32.0 Å². The highest BCUT2D eigenvalue weighted by atomic mass is 16.6. The first-order chi connectivity index (χ1) is 8.58. The lowest BCUT2D eigenvalue weighted by molar-refractivity contribution is 0.126. The molecule has 2 amide bonds. The van der Waals surface area contributed by atoms with Gasteiger partial charge in [0.1, 0.15) is 5.75 Å². The van der Waals surface area contributed by atoms with Crippen LogP contribution in [0.5, 0.6) is 5.75 Å². The molecule has 0 unspecified atom stereocenters. The highest BCUT2D eigenvalue weighted by molar-refractivity contribution is 5.75. The molecule has 0 aliphatic heterocycles. The van der Waals surface area contributed by atoms with Crippen LogP contribution in [0, 0.1) is 5.92 Å². The minimum Gasteiger partial charge on any atom is -0.448 e. The first-order valence-electron chi connectivity index (χ1n) is 5.53. The summed E-state index contributed by atoms with van der Waals surface area (Å²) in [4.78, 5) is 22.4. The Morgan fingerprint density at radius 3 is 2.33 bits per heavy atom. The van der Waals surface area contributed by atoms with Crippen LogP contribution in [-0.4, -0.2) is 18.8 Å². The predicted molar refractivity (Wildman–Crippen MR) is 64.9 cm³/mol. The van der Waals surface area contributed by atoms with Gasteiger partial charge in [-0.25, -0.2) is 20.4 Å². The molecule has 0 atom stereocenters. The number of hydrazine groups is 1. The van der Waals surface area contributed by atoms with Crippen LogP contribution in [0.25, 0.3) is 0 Å². The van der Waals surface area contributed by atoms with E-state index in [2.05, 4.69) is 10.9 Å². The molecular formula is C12H16N2O4. The van der Waals surface area contributed by atoms with Gasteiger partial charge in [0.2, 0.25) is 0 Å². The second-order valence-corrected chi connectivity index (χ2v) is 3.94. The van der Waals surface area contributed by atoms with Crippen molar-refractivity contribution in [3.05, 3.63) is 30.3 Å². The van der Waals surface area contributed by atoms with Crippen molar-refractivity contribution in [2.75, 3.05) is 6.61 Å². The number of rotatable bonds is 3. The molecule has 0 saturated heterocycles. The number of ether oxygens (including phenoxy) is 2. The minimum absolute atomic E-state index is 0.229. The Labute approximate surface area is 105 Å². The van der Waals surface area contributed by atoms with E-state index in [1.807, 2.05) is 13.8 Å². The van der Waals surface area contributed by atoms with E-state index in [1.165, 1.54) is 0 Å². The zero-order chi connectivity index (χ0) is 13.4. The van der Waals surface area contributed by atoms with Crippen molar-refractivity contribution in [1.82, 2.24) is 10.9 Å². The van der Waals surface area contributed by atoms with Crippen LogP contribution in [-0.2, 0) is 4.74 Å². The van der Waals surface area contributed by atoms with E-state index >= 15 is 0 Å². The lowest BCUT2D eigenvalue weighted by Gasteiger charge is -2.09. The van der Waals surface area contributed by atoms with Crippen LogP contribution in [0.3, 0.4) is 0 Å².